The maximum Gasteiger partial charge on any atom is 0.155 e. The van der Waals surface area contributed by atoms with E-state index in [1.165, 1.54) is 11.1 Å². The van der Waals surface area contributed by atoms with Gasteiger partial charge in [-0.1, -0.05) is 24.3 Å². The number of nitrogens with one attached hydrogen (secondary N) is 1. The van der Waals surface area contributed by atoms with E-state index in [4.69, 9.17) is 0 Å². The molecule has 0 aliphatic rings. The zero-order chi connectivity index (χ0) is 13.2. The van der Waals surface area contributed by atoms with Crippen LogP contribution in [-0.4, -0.2) is 34.2 Å². The van der Waals surface area contributed by atoms with E-state index in [0.717, 1.165) is 23.1 Å². The molecular weight excluding hydrogens is 236 g/mol. The van der Waals surface area contributed by atoms with Crippen LogP contribution in [0.4, 0.5) is 0 Å². The maximum atomic E-state index is 4.36. The van der Waals surface area contributed by atoms with Crippen molar-refractivity contribution in [1.82, 2.24) is 20.1 Å². The number of hydrogen-bond acceptors (Lipinski definition) is 3. The first-order chi connectivity index (χ1) is 9.22. The summed E-state index contributed by atoms with van der Waals surface area (Å²) in [4.78, 5) is 6.52. The summed E-state index contributed by atoms with van der Waals surface area (Å²) in [5.74, 6) is 0. The largest absolute Gasteiger partial charge is 0.305 e. The van der Waals surface area contributed by atoms with Crippen LogP contribution in [0.25, 0.3) is 22.2 Å². The van der Waals surface area contributed by atoms with E-state index in [1.807, 2.05) is 6.20 Å². The number of aromatic nitrogens is 3. The fourth-order valence-electron chi connectivity index (χ4n) is 2.16. The molecule has 0 aliphatic heterocycles. The van der Waals surface area contributed by atoms with Gasteiger partial charge in [-0.3, -0.25) is 5.10 Å². The van der Waals surface area contributed by atoms with Gasteiger partial charge in [-0.2, -0.15) is 5.10 Å². The monoisotopic (exact) mass is 252 g/mol. The first-order valence-electron chi connectivity index (χ1n) is 6.25. The van der Waals surface area contributed by atoms with Crippen LogP contribution in [0, 0.1) is 0 Å². The summed E-state index contributed by atoms with van der Waals surface area (Å²) in [6, 6.07) is 10.7. The van der Waals surface area contributed by atoms with Gasteiger partial charge in [0, 0.05) is 23.7 Å². The van der Waals surface area contributed by atoms with Crippen LogP contribution in [0.2, 0.25) is 0 Å². The van der Waals surface area contributed by atoms with Crippen LogP contribution in [0.3, 0.4) is 0 Å². The molecule has 19 heavy (non-hydrogen) atoms. The van der Waals surface area contributed by atoms with E-state index in [-0.39, 0.29) is 0 Å². The van der Waals surface area contributed by atoms with Crippen LogP contribution in [0.1, 0.15) is 5.56 Å². The van der Waals surface area contributed by atoms with Gasteiger partial charge in [-0.15, -0.1) is 0 Å². The Balaban J connectivity index is 1.92. The summed E-state index contributed by atoms with van der Waals surface area (Å²) >= 11 is 0. The van der Waals surface area contributed by atoms with Crippen molar-refractivity contribution in [2.24, 2.45) is 0 Å². The first-order valence-corrected chi connectivity index (χ1v) is 6.25. The summed E-state index contributed by atoms with van der Waals surface area (Å²) in [6.07, 6.45) is 3.67. The number of benzene rings is 1. The smallest absolute Gasteiger partial charge is 0.155 e. The summed E-state index contributed by atoms with van der Waals surface area (Å²) in [6.45, 7) is 0.958. The minimum absolute atomic E-state index is 0.827. The molecule has 2 aromatic heterocycles. The topological polar surface area (TPSA) is 44.8 Å². The second-order valence-electron chi connectivity index (χ2n) is 4.97. The molecule has 3 aromatic rings. The lowest BCUT2D eigenvalue weighted by atomic mass is 10.0. The van der Waals surface area contributed by atoms with Gasteiger partial charge in [0.25, 0.3) is 0 Å². The minimum atomic E-state index is 0.827. The average molecular weight is 252 g/mol. The van der Waals surface area contributed by atoms with Crippen molar-refractivity contribution < 1.29 is 0 Å². The van der Waals surface area contributed by atoms with E-state index in [2.05, 4.69) is 64.5 Å². The molecule has 4 nitrogen and oxygen atoms in total. The number of fused-ring (bicyclic) bond motifs is 1. The Morgan fingerprint density at radius 3 is 2.58 bits per heavy atom. The minimum Gasteiger partial charge on any atom is -0.305 e. The van der Waals surface area contributed by atoms with Gasteiger partial charge in [0.15, 0.2) is 5.65 Å². The Morgan fingerprint density at radius 2 is 1.84 bits per heavy atom. The van der Waals surface area contributed by atoms with Crippen molar-refractivity contribution in [3.8, 4) is 11.1 Å². The van der Waals surface area contributed by atoms with Gasteiger partial charge >= 0.3 is 0 Å². The summed E-state index contributed by atoms with van der Waals surface area (Å²) in [7, 11) is 4.15. The highest BCUT2D eigenvalue weighted by molar-refractivity contribution is 5.80. The molecule has 1 N–H and O–H groups in total. The second-order valence-corrected chi connectivity index (χ2v) is 4.97. The average Bonchev–Trinajstić information content (AvgIpc) is 2.86. The lowest BCUT2D eigenvalue weighted by Crippen LogP contribution is -2.10. The standard InChI is InChI=1S/C15H16N4/c1-19(2)10-11-3-5-12(6-4-11)13-7-14-9-17-18-15(14)16-8-13/h3-9H,10H2,1-2H3,(H,16,17,18). The zero-order valence-electron chi connectivity index (χ0n) is 11.1. The third-order valence-corrected chi connectivity index (χ3v) is 3.08. The summed E-state index contributed by atoms with van der Waals surface area (Å²) in [5.41, 5.74) is 4.43. The number of aromatic amines is 1. The fraction of sp³-hybridized carbons (Fsp3) is 0.200. The van der Waals surface area contributed by atoms with E-state index in [1.54, 1.807) is 6.20 Å². The normalized spacial score (nSPS) is 11.3. The molecule has 0 spiro atoms. The highest BCUT2D eigenvalue weighted by Crippen LogP contribution is 2.22. The molecule has 0 radical (unpaired) electrons. The Morgan fingerprint density at radius 1 is 1.05 bits per heavy atom. The van der Waals surface area contributed by atoms with Crippen molar-refractivity contribution in [3.63, 3.8) is 0 Å². The van der Waals surface area contributed by atoms with E-state index < -0.39 is 0 Å². The SMILES string of the molecule is CN(C)Cc1ccc(-c2cnc3[nH]ncc3c2)cc1. The second kappa shape index (κ2) is 4.82. The number of nitrogens with zero attached hydrogens (tertiary/aromatic N) is 3. The van der Waals surface area contributed by atoms with Gasteiger partial charge < -0.3 is 4.90 Å². The van der Waals surface area contributed by atoms with Crippen molar-refractivity contribution in [3.05, 3.63) is 48.3 Å². The molecular formula is C15H16N4. The first kappa shape index (κ1) is 11.9. The predicted octanol–water partition coefficient (Wildman–Crippen LogP) is 2.69. The predicted molar refractivity (Wildman–Crippen MR) is 76.7 cm³/mol. The molecule has 0 fully saturated rings. The van der Waals surface area contributed by atoms with Crippen LogP contribution < -0.4 is 0 Å². The number of pyridine rings is 1. The molecule has 0 atom stereocenters. The van der Waals surface area contributed by atoms with Crippen LogP contribution in [-0.2, 0) is 6.54 Å². The van der Waals surface area contributed by atoms with Crippen molar-refractivity contribution >= 4 is 11.0 Å². The van der Waals surface area contributed by atoms with E-state index in [0.29, 0.717) is 0 Å². The molecule has 96 valence electrons. The molecule has 2 heterocycles. The molecule has 0 saturated carbocycles. The maximum absolute atomic E-state index is 4.36. The quantitative estimate of drug-likeness (QED) is 0.779. The molecule has 0 aliphatic carbocycles. The molecule has 0 amide bonds. The van der Waals surface area contributed by atoms with Gasteiger partial charge in [-0.25, -0.2) is 4.98 Å². The van der Waals surface area contributed by atoms with E-state index in [9.17, 15) is 0 Å². The summed E-state index contributed by atoms with van der Waals surface area (Å²) < 4.78 is 0. The molecule has 0 unspecified atom stereocenters. The van der Waals surface area contributed by atoms with Gasteiger partial charge in [0.1, 0.15) is 0 Å². The lowest BCUT2D eigenvalue weighted by Gasteiger charge is -2.10. The van der Waals surface area contributed by atoms with Crippen LogP contribution in [0.15, 0.2) is 42.7 Å². The van der Waals surface area contributed by atoms with Crippen molar-refractivity contribution in [1.29, 1.82) is 0 Å². The zero-order valence-corrected chi connectivity index (χ0v) is 11.1. The molecule has 0 bridgehead atoms. The number of H-pyrrole nitrogens is 1. The summed E-state index contributed by atoms with van der Waals surface area (Å²) in [5, 5.41) is 7.89. The molecule has 4 heteroatoms. The van der Waals surface area contributed by atoms with Crippen LogP contribution in [0.5, 0.6) is 0 Å². The van der Waals surface area contributed by atoms with Gasteiger partial charge in [0.2, 0.25) is 0 Å². The Hall–Kier alpha value is -2.20. The van der Waals surface area contributed by atoms with Crippen molar-refractivity contribution in [2.75, 3.05) is 14.1 Å². The third kappa shape index (κ3) is 2.48. The lowest BCUT2D eigenvalue weighted by molar-refractivity contribution is 0.402. The van der Waals surface area contributed by atoms with Gasteiger partial charge in [-0.05, 0) is 31.3 Å². The Kier molecular flexibility index (Phi) is 3.01. The van der Waals surface area contributed by atoms with E-state index >= 15 is 0 Å². The molecule has 3 rings (SSSR count). The fourth-order valence-corrected chi connectivity index (χ4v) is 2.16. The highest BCUT2D eigenvalue weighted by atomic mass is 15.1. The van der Waals surface area contributed by atoms with Crippen molar-refractivity contribution in [2.45, 2.75) is 6.54 Å². The number of rotatable bonds is 3. The number of hydrogen-bond donors (Lipinski definition) is 1. The molecule has 0 saturated heterocycles. The Bertz CT molecular complexity index is 683. The Labute approximate surface area is 112 Å². The molecule has 1 aromatic carbocycles. The highest BCUT2D eigenvalue weighted by Gasteiger charge is 2.02. The van der Waals surface area contributed by atoms with Gasteiger partial charge in [0.05, 0.1) is 6.20 Å². The van der Waals surface area contributed by atoms with Crippen LogP contribution >= 0.6 is 0 Å². The third-order valence-electron chi connectivity index (χ3n) is 3.08.